The van der Waals surface area contributed by atoms with Crippen LogP contribution in [0.25, 0.3) is 0 Å². The van der Waals surface area contributed by atoms with Crippen molar-refractivity contribution in [3.05, 3.63) is 0 Å². The van der Waals surface area contributed by atoms with Crippen molar-refractivity contribution in [2.24, 2.45) is 35.5 Å². The minimum Gasteiger partial charge on any atom is -0.310 e. The molecule has 0 unspecified atom stereocenters. The topological polar surface area (TPSA) is 24.1 Å². The lowest BCUT2D eigenvalue weighted by Gasteiger charge is -2.58. The van der Waals surface area contributed by atoms with Gasteiger partial charge in [0.1, 0.15) is 0 Å². The van der Waals surface area contributed by atoms with Crippen LogP contribution in [0.1, 0.15) is 77.0 Å². The summed E-state index contributed by atoms with van der Waals surface area (Å²) in [4.78, 5) is 0. The van der Waals surface area contributed by atoms with Gasteiger partial charge in [0.15, 0.2) is 0 Å². The molecule has 8 bridgehead atoms. The SMILES string of the molecule is Br.Br.C(CNC12CC3CC(CC(C3)C1)C2)NC12CC3CC(CC(C3)C1)C2. The van der Waals surface area contributed by atoms with Gasteiger partial charge in [-0.05, 0) is 113 Å². The van der Waals surface area contributed by atoms with Crippen molar-refractivity contribution < 1.29 is 0 Å². The Bertz CT molecular complexity index is 404. The van der Waals surface area contributed by atoms with Crippen LogP contribution in [0.5, 0.6) is 0 Å². The second-order valence-electron chi connectivity index (χ2n) is 11.2. The third-order valence-electron chi connectivity index (χ3n) is 9.20. The van der Waals surface area contributed by atoms with E-state index < -0.39 is 0 Å². The molecular weight excluding hydrogens is 452 g/mol. The molecule has 0 aromatic heterocycles. The molecule has 8 fully saturated rings. The van der Waals surface area contributed by atoms with Crippen molar-refractivity contribution in [1.29, 1.82) is 0 Å². The lowest BCUT2D eigenvalue weighted by atomic mass is 9.53. The van der Waals surface area contributed by atoms with E-state index in [9.17, 15) is 0 Å². The summed E-state index contributed by atoms with van der Waals surface area (Å²) in [6.07, 6.45) is 18.4. The molecule has 8 aliphatic carbocycles. The number of halogens is 2. The van der Waals surface area contributed by atoms with Crippen LogP contribution in [0, 0.1) is 35.5 Å². The Morgan fingerprint density at radius 2 is 0.692 bits per heavy atom. The fourth-order valence-electron chi connectivity index (χ4n) is 9.31. The van der Waals surface area contributed by atoms with Gasteiger partial charge in [-0.3, -0.25) is 0 Å². The summed E-state index contributed by atoms with van der Waals surface area (Å²) in [6.45, 7) is 2.43. The van der Waals surface area contributed by atoms with Crippen LogP contribution in [0.4, 0.5) is 0 Å². The third-order valence-corrected chi connectivity index (χ3v) is 9.20. The molecule has 0 spiro atoms. The Labute approximate surface area is 180 Å². The second kappa shape index (κ2) is 7.29. The predicted octanol–water partition coefficient (Wildman–Crippen LogP) is 5.26. The lowest BCUT2D eigenvalue weighted by Crippen LogP contribution is -2.61. The molecular formula is C22H38Br2N2. The quantitative estimate of drug-likeness (QED) is 0.514. The number of nitrogens with one attached hydrogen (secondary N) is 2. The number of hydrogen-bond donors (Lipinski definition) is 2. The van der Waals surface area contributed by atoms with Gasteiger partial charge in [-0.2, -0.15) is 0 Å². The molecule has 0 amide bonds. The second-order valence-corrected chi connectivity index (χ2v) is 11.2. The summed E-state index contributed by atoms with van der Waals surface area (Å²) < 4.78 is 0. The highest BCUT2D eigenvalue weighted by atomic mass is 79.9. The van der Waals surface area contributed by atoms with E-state index >= 15 is 0 Å². The van der Waals surface area contributed by atoms with Crippen molar-refractivity contribution in [3.63, 3.8) is 0 Å². The molecule has 0 radical (unpaired) electrons. The van der Waals surface area contributed by atoms with Gasteiger partial charge < -0.3 is 10.6 Å². The zero-order valence-corrected chi connectivity index (χ0v) is 19.6. The van der Waals surface area contributed by atoms with Gasteiger partial charge in [0.25, 0.3) is 0 Å². The van der Waals surface area contributed by atoms with Crippen LogP contribution in [0.3, 0.4) is 0 Å². The number of rotatable bonds is 5. The Morgan fingerprint density at radius 3 is 0.923 bits per heavy atom. The van der Waals surface area contributed by atoms with E-state index in [1.165, 1.54) is 51.6 Å². The maximum atomic E-state index is 4.10. The summed E-state index contributed by atoms with van der Waals surface area (Å²) in [5.41, 5.74) is 1.11. The average molecular weight is 490 g/mol. The monoisotopic (exact) mass is 488 g/mol. The van der Waals surface area contributed by atoms with E-state index in [0.717, 1.165) is 35.5 Å². The molecule has 2 N–H and O–H groups in total. The minimum absolute atomic E-state index is 0. The molecule has 150 valence electrons. The first-order chi connectivity index (χ1) is 11.7. The van der Waals surface area contributed by atoms with E-state index in [1.54, 1.807) is 38.5 Å². The van der Waals surface area contributed by atoms with E-state index in [0.29, 0.717) is 11.1 Å². The van der Waals surface area contributed by atoms with Crippen LogP contribution >= 0.6 is 34.0 Å². The van der Waals surface area contributed by atoms with Gasteiger partial charge in [0.2, 0.25) is 0 Å². The van der Waals surface area contributed by atoms with Gasteiger partial charge in [-0.1, -0.05) is 0 Å². The van der Waals surface area contributed by atoms with Crippen LogP contribution in [0.15, 0.2) is 0 Å². The largest absolute Gasteiger partial charge is 0.310 e. The van der Waals surface area contributed by atoms with Crippen LogP contribution in [0.2, 0.25) is 0 Å². The maximum absolute atomic E-state index is 4.10. The summed E-state index contributed by atoms with van der Waals surface area (Å²) in [5.74, 6) is 6.42. The molecule has 8 aliphatic rings. The van der Waals surface area contributed by atoms with E-state index in [2.05, 4.69) is 10.6 Å². The Morgan fingerprint density at radius 1 is 0.462 bits per heavy atom. The van der Waals surface area contributed by atoms with Crippen LogP contribution < -0.4 is 10.6 Å². The van der Waals surface area contributed by atoms with Gasteiger partial charge in [0, 0.05) is 24.2 Å². The summed E-state index contributed by atoms with van der Waals surface area (Å²) in [5, 5.41) is 8.19. The molecule has 8 saturated carbocycles. The molecule has 0 heterocycles. The standard InChI is InChI=1S/C22H36N2.2BrH/c1(23-21-9-15-3-16(10-21)5-17(4-15)11-21)2-24-22-12-18-6-19(13-22)8-20(7-18)14-22;;/h15-20,23-24H,1-14H2;2*1H. The van der Waals surface area contributed by atoms with Gasteiger partial charge in [-0.15, -0.1) is 34.0 Å². The zero-order chi connectivity index (χ0) is 15.8. The highest BCUT2D eigenvalue weighted by molar-refractivity contribution is 8.93. The summed E-state index contributed by atoms with van der Waals surface area (Å²) >= 11 is 0. The molecule has 0 atom stereocenters. The van der Waals surface area contributed by atoms with Gasteiger partial charge in [0.05, 0.1) is 0 Å². The molecule has 0 aromatic carbocycles. The average Bonchev–Trinajstić information content (AvgIpc) is 2.49. The van der Waals surface area contributed by atoms with Crippen molar-refractivity contribution in [2.45, 2.75) is 88.1 Å². The highest BCUT2D eigenvalue weighted by Crippen LogP contribution is 2.56. The molecule has 26 heavy (non-hydrogen) atoms. The normalized spacial score (nSPS) is 52.6. The van der Waals surface area contributed by atoms with Crippen molar-refractivity contribution in [2.75, 3.05) is 13.1 Å². The molecule has 4 heteroatoms. The van der Waals surface area contributed by atoms with Crippen LogP contribution in [-0.4, -0.2) is 24.2 Å². The zero-order valence-electron chi connectivity index (χ0n) is 16.2. The first-order valence-electron chi connectivity index (χ1n) is 11.2. The Hall–Kier alpha value is 0.880. The van der Waals surface area contributed by atoms with Crippen LogP contribution in [-0.2, 0) is 0 Å². The van der Waals surface area contributed by atoms with E-state index in [1.807, 2.05) is 0 Å². The fraction of sp³-hybridized carbons (Fsp3) is 1.00. The fourth-order valence-corrected chi connectivity index (χ4v) is 9.31. The molecule has 0 saturated heterocycles. The van der Waals surface area contributed by atoms with Gasteiger partial charge >= 0.3 is 0 Å². The van der Waals surface area contributed by atoms with Crippen molar-refractivity contribution in [3.8, 4) is 0 Å². The van der Waals surface area contributed by atoms with Crippen molar-refractivity contribution >= 4 is 34.0 Å². The first-order valence-corrected chi connectivity index (χ1v) is 11.2. The number of hydrogen-bond acceptors (Lipinski definition) is 2. The summed E-state index contributed by atoms with van der Waals surface area (Å²) in [7, 11) is 0. The third kappa shape index (κ3) is 3.48. The minimum atomic E-state index is 0. The maximum Gasteiger partial charge on any atom is 0.0190 e. The van der Waals surface area contributed by atoms with Gasteiger partial charge in [-0.25, -0.2) is 0 Å². The van der Waals surface area contributed by atoms with E-state index in [-0.39, 0.29) is 34.0 Å². The predicted molar refractivity (Wildman–Crippen MR) is 118 cm³/mol. The lowest BCUT2D eigenvalue weighted by molar-refractivity contribution is -0.0266. The summed E-state index contributed by atoms with van der Waals surface area (Å²) in [6, 6.07) is 0. The smallest absolute Gasteiger partial charge is 0.0190 e. The van der Waals surface area contributed by atoms with Crippen molar-refractivity contribution in [1.82, 2.24) is 10.6 Å². The molecule has 0 aliphatic heterocycles. The first kappa shape index (κ1) is 20.2. The van der Waals surface area contributed by atoms with E-state index in [4.69, 9.17) is 0 Å². The Kier molecular flexibility index (Phi) is 5.65. The Balaban J connectivity index is 0.000000841. The highest BCUT2D eigenvalue weighted by Gasteiger charge is 2.52. The molecule has 0 aromatic rings. The molecule has 8 rings (SSSR count). The molecule has 2 nitrogen and oxygen atoms in total.